The lowest BCUT2D eigenvalue weighted by molar-refractivity contribution is -0.465. The van der Waals surface area contributed by atoms with Crippen LogP contribution in [0.3, 0.4) is 0 Å². The third-order valence-corrected chi connectivity index (χ3v) is 10.2. The second-order valence-electron chi connectivity index (χ2n) is 10.9. The first-order valence-corrected chi connectivity index (χ1v) is 14.1. The Balaban J connectivity index is 2.67. The normalized spacial score (nSPS) is 26.0. The van der Waals surface area contributed by atoms with E-state index in [-0.39, 0.29) is 34.4 Å². The second kappa shape index (κ2) is 11.7. The molecule has 2 aliphatic heterocycles. The average molecular weight is 469 g/mol. The van der Waals surface area contributed by atoms with Crippen LogP contribution in [-0.4, -0.2) is 58.7 Å². The Kier molecular flexibility index (Phi) is 10.3. The summed E-state index contributed by atoms with van der Waals surface area (Å²) in [6.07, 6.45) is 13.2. The zero-order valence-corrected chi connectivity index (χ0v) is 23.8. The maximum Gasteiger partial charge on any atom is 0.0608 e. The molecule has 0 aromatic heterocycles. The van der Waals surface area contributed by atoms with Crippen LogP contribution in [0.4, 0.5) is 0 Å². The van der Waals surface area contributed by atoms with Crippen molar-refractivity contribution in [3.05, 3.63) is 0 Å². The van der Waals surface area contributed by atoms with Crippen LogP contribution in [-0.2, 0) is 14.4 Å². The summed E-state index contributed by atoms with van der Waals surface area (Å²) in [6, 6.07) is 0. The molecule has 196 valence electrons. The first kappa shape index (κ1) is 29.0. The zero-order valence-electron chi connectivity index (χ0n) is 23.8. The number of methoxy groups -OCH3 is 2. The van der Waals surface area contributed by atoms with E-state index in [0.717, 1.165) is 77.0 Å². The van der Waals surface area contributed by atoms with Crippen LogP contribution in [0.15, 0.2) is 0 Å². The molecule has 0 unspecified atom stereocenters. The molecule has 0 amide bonds. The van der Waals surface area contributed by atoms with Crippen LogP contribution in [0.5, 0.6) is 0 Å². The zero-order chi connectivity index (χ0) is 24.9. The van der Waals surface area contributed by atoms with Crippen molar-refractivity contribution in [3.63, 3.8) is 0 Å². The molecule has 33 heavy (non-hydrogen) atoms. The van der Waals surface area contributed by atoms with Crippen molar-refractivity contribution in [2.75, 3.05) is 14.2 Å². The number of hydrogen-bond donors (Lipinski definition) is 0. The molecule has 0 aliphatic carbocycles. The highest BCUT2D eigenvalue weighted by Crippen LogP contribution is 2.52. The van der Waals surface area contributed by atoms with E-state index in [4.69, 9.17) is 14.4 Å². The Morgan fingerprint density at radius 3 is 0.848 bits per heavy atom. The number of hydrogen-bond acceptors (Lipinski definition) is 5. The minimum absolute atomic E-state index is 0.0243. The van der Waals surface area contributed by atoms with E-state index in [0.29, 0.717) is 0 Å². The summed E-state index contributed by atoms with van der Waals surface area (Å²) in [7, 11) is 3.78. The Morgan fingerprint density at radius 2 is 0.697 bits per heavy atom. The topological polar surface area (TPSA) is 34.2 Å². The van der Waals surface area contributed by atoms with E-state index < -0.39 is 0 Å². The summed E-state index contributed by atoms with van der Waals surface area (Å²) in [5.74, 6) is 0. The van der Waals surface area contributed by atoms with E-state index >= 15 is 0 Å². The summed E-state index contributed by atoms with van der Waals surface area (Å²) in [5.41, 5.74) is -0.0972. The Hall–Kier alpha value is -0.200. The van der Waals surface area contributed by atoms with Crippen molar-refractivity contribution in [1.29, 1.82) is 0 Å². The van der Waals surface area contributed by atoms with E-state index in [1.807, 2.05) is 14.2 Å². The van der Waals surface area contributed by atoms with Crippen molar-refractivity contribution >= 4 is 0 Å². The van der Waals surface area contributed by atoms with Gasteiger partial charge in [-0.3, -0.25) is 0 Å². The van der Waals surface area contributed by atoms with Crippen LogP contribution in [0, 0.1) is 0 Å². The molecule has 2 rings (SSSR count). The second-order valence-corrected chi connectivity index (χ2v) is 10.9. The molecule has 0 aromatic carbocycles. The number of ether oxygens (including phenoxy) is 2. The number of nitrogens with zero attached hydrogens (tertiary/aromatic N) is 2. The van der Waals surface area contributed by atoms with Gasteiger partial charge in [-0.2, -0.15) is 10.1 Å². The van der Waals surface area contributed by atoms with E-state index in [1.54, 1.807) is 0 Å². The number of hydroxylamine groups is 4. The first-order chi connectivity index (χ1) is 15.7. The van der Waals surface area contributed by atoms with Crippen LogP contribution in [0.2, 0.25) is 0 Å². The average Bonchev–Trinajstić information content (AvgIpc) is 2.88. The van der Waals surface area contributed by atoms with Gasteiger partial charge in [-0.1, -0.05) is 55.4 Å². The summed E-state index contributed by atoms with van der Waals surface area (Å²) < 4.78 is 12.1. The van der Waals surface area contributed by atoms with Gasteiger partial charge in [-0.25, -0.2) is 4.94 Å². The molecular formula is C28H56N2O3. The molecule has 0 aromatic rings. The highest BCUT2D eigenvalue weighted by atomic mass is 16.8. The predicted molar refractivity (Wildman–Crippen MR) is 138 cm³/mol. The van der Waals surface area contributed by atoms with Crippen LogP contribution in [0.25, 0.3) is 0 Å². The highest BCUT2D eigenvalue weighted by molar-refractivity contribution is 5.07. The van der Waals surface area contributed by atoms with Crippen molar-refractivity contribution < 1.29 is 14.4 Å². The van der Waals surface area contributed by atoms with Gasteiger partial charge >= 0.3 is 0 Å². The first-order valence-electron chi connectivity index (χ1n) is 14.1. The molecule has 0 spiro atoms. The Labute approximate surface area is 205 Å². The molecule has 5 nitrogen and oxygen atoms in total. The van der Waals surface area contributed by atoms with Crippen LogP contribution < -0.4 is 0 Å². The lowest BCUT2D eigenvalue weighted by atomic mass is 9.71. The van der Waals surface area contributed by atoms with Gasteiger partial charge in [0.15, 0.2) is 0 Å². The van der Waals surface area contributed by atoms with Crippen molar-refractivity contribution in [2.24, 2.45) is 0 Å². The van der Waals surface area contributed by atoms with Gasteiger partial charge in [0.1, 0.15) is 0 Å². The highest BCUT2D eigenvalue weighted by Gasteiger charge is 2.59. The fourth-order valence-electron chi connectivity index (χ4n) is 7.24. The molecular weight excluding hydrogens is 412 g/mol. The van der Waals surface area contributed by atoms with Gasteiger partial charge in [0.2, 0.25) is 0 Å². The van der Waals surface area contributed by atoms with Gasteiger partial charge in [0.25, 0.3) is 0 Å². The molecule has 2 aliphatic rings. The fourth-order valence-corrected chi connectivity index (χ4v) is 7.24. The molecule has 0 saturated carbocycles. The third kappa shape index (κ3) is 4.91. The molecule has 2 heterocycles. The summed E-state index contributed by atoms with van der Waals surface area (Å²) in [4.78, 5) is 7.46. The molecule has 0 N–H and O–H groups in total. The quantitative estimate of drug-likeness (QED) is 0.300. The van der Waals surface area contributed by atoms with Gasteiger partial charge < -0.3 is 9.47 Å². The van der Waals surface area contributed by atoms with E-state index in [1.165, 1.54) is 0 Å². The van der Waals surface area contributed by atoms with Crippen molar-refractivity contribution in [3.8, 4) is 0 Å². The van der Waals surface area contributed by atoms with Crippen LogP contribution in [0.1, 0.15) is 132 Å². The molecule has 0 radical (unpaired) electrons. The molecule has 5 heteroatoms. The molecule has 2 fully saturated rings. The molecule has 0 atom stereocenters. The fraction of sp³-hybridized carbons (Fsp3) is 1.00. The Morgan fingerprint density at radius 1 is 0.485 bits per heavy atom. The monoisotopic (exact) mass is 468 g/mol. The molecule has 0 bridgehead atoms. The SMILES string of the molecule is CCC1(CC)CC(OC)CC(CC)(CC)N1ON1C(CC)(CC)CC(OC)CC1(CC)CC. The van der Waals surface area contributed by atoms with Gasteiger partial charge in [0.05, 0.1) is 34.4 Å². The largest absolute Gasteiger partial charge is 0.381 e. The smallest absolute Gasteiger partial charge is 0.0608 e. The van der Waals surface area contributed by atoms with Gasteiger partial charge in [-0.15, -0.1) is 0 Å². The third-order valence-electron chi connectivity index (χ3n) is 10.2. The maximum absolute atomic E-state index is 7.46. The predicted octanol–water partition coefficient (Wildman–Crippen LogP) is 7.29. The number of rotatable bonds is 12. The summed E-state index contributed by atoms with van der Waals surface area (Å²) in [6.45, 7) is 18.7. The van der Waals surface area contributed by atoms with E-state index in [9.17, 15) is 0 Å². The maximum atomic E-state index is 7.46. The summed E-state index contributed by atoms with van der Waals surface area (Å²) in [5, 5.41) is 5.03. The molecule has 2 saturated heterocycles. The summed E-state index contributed by atoms with van der Waals surface area (Å²) >= 11 is 0. The van der Waals surface area contributed by atoms with Crippen molar-refractivity contribution in [1.82, 2.24) is 10.1 Å². The Bertz CT molecular complexity index is 486. The van der Waals surface area contributed by atoms with Crippen LogP contribution >= 0.6 is 0 Å². The van der Waals surface area contributed by atoms with Crippen molar-refractivity contribution in [2.45, 2.75) is 167 Å². The minimum Gasteiger partial charge on any atom is -0.381 e. The van der Waals surface area contributed by atoms with Gasteiger partial charge in [0, 0.05) is 14.2 Å². The minimum atomic E-state index is -0.0243. The lowest BCUT2D eigenvalue weighted by Gasteiger charge is -2.64. The number of piperidine rings is 2. The van der Waals surface area contributed by atoms with E-state index in [2.05, 4.69) is 65.5 Å². The standard InChI is InChI=1S/C28H56N2O3/c1-11-25(12-2)19-23(31-9)20-26(13-3,14-4)29(25)33-30-27(15-5,16-6)21-24(32-10)22-28(30,17-7)18-8/h23-24H,11-22H2,1-10H3. The van der Waals surface area contributed by atoms with Gasteiger partial charge in [-0.05, 0) is 77.0 Å². The lowest BCUT2D eigenvalue weighted by Crippen LogP contribution is -2.73.